The van der Waals surface area contributed by atoms with Crippen molar-refractivity contribution in [2.45, 2.75) is 52.1 Å². The van der Waals surface area contributed by atoms with Crippen LogP contribution in [0.4, 0.5) is 11.5 Å². The van der Waals surface area contributed by atoms with Crippen LogP contribution < -0.4 is 4.90 Å². The lowest BCUT2D eigenvalue weighted by Gasteiger charge is -2.36. The van der Waals surface area contributed by atoms with Crippen molar-refractivity contribution < 1.29 is 9.35 Å². The van der Waals surface area contributed by atoms with Gasteiger partial charge >= 0.3 is 0 Å². The normalized spacial score (nSPS) is 15.8. The van der Waals surface area contributed by atoms with Gasteiger partial charge in [0.05, 0.1) is 11.5 Å². The molecule has 1 aliphatic rings. The maximum absolute atomic E-state index is 10.8. The quantitative estimate of drug-likeness (QED) is 0.347. The molecule has 31 heavy (non-hydrogen) atoms. The minimum absolute atomic E-state index is 0.0283. The Balaban J connectivity index is 1.48. The molecule has 0 saturated carbocycles. The third-order valence-electron chi connectivity index (χ3n) is 6.47. The van der Waals surface area contributed by atoms with Crippen molar-refractivity contribution in [2.24, 2.45) is 0 Å². The Morgan fingerprint density at radius 2 is 1.65 bits per heavy atom. The largest absolute Gasteiger partial charge is 0.413 e. The number of nitro groups is 1. The molecule has 3 rings (SSSR count). The Bertz CT molecular complexity index is 871. The standard InChI is InChI=1S/C23H34N4O3Si/c1-23(2,3)31(4,5)30-18-20-8-6-19(7-9-20)17-25-12-14-26(15-13-25)22-11-10-21(16-24-22)27(28)29/h6-11,16H,12-15,17-18H2,1-5H3. The highest BCUT2D eigenvalue weighted by atomic mass is 28.4. The van der Waals surface area contributed by atoms with Crippen LogP contribution in [0.5, 0.6) is 0 Å². The fourth-order valence-corrected chi connectivity index (χ4v) is 4.25. The van der Waals surface area contributed by atoms with Crippen LogP contribution in [0, 0.1) is 10.1 Å². The summed E-state index contributed by atoms with van der Waals surface area (Å²) in [5.41, 5.74) is 2.56. The van der Waals surface area contributed by atoms with E-state index in [0.717, 1.165) is 38.5 Å². The minimum atomic E-state index is -1.73. The van der Waals surface area contributed by atoms with Crippen LogP contribution in [0.2, 0.25) is 18.1 Å². The van der Waals surface area contributed by atoms with E-state index in [4.69, 9.17) is 4.43 Å². The lowest BCUT2D eigenvalue weighted by molar-refractivity contribution is -0.385. The Labute approximate surface area is 186 Å². The molecule has 2 heterocycles. The van der Waals surface area contributed by atoms with Gasteiger partial charge in [0.15, 0.2) is 8.32 Å². The molecule has 0 amide bonds. The highest BCUT2D eigenvalue weighted by molar-refractivity contribution is 6.74. The van der Waals surface area contributed by atoms with Crippen LogP contribution in [0.25, 0.3) is 0 Å². The molecule has 0 N–H and O–H groups in total. The third-order valence-corrected chi connectivity index (χ3v) is 11.0. The molecule has 1 aliphatic heterocycles. The number of hydrogen-bond acceptors (Lipinski definition) is 6. The average molecular weight is 443 g/mol. The summed E-state index contributed by atoms with van der Waals surface area (Å²) in [7, 11) is -1.73. The van der Waals surface area contributed by atoms with Crippen molar-refractivity contribution in [2.75, 3.05) is 31.1 Å². The molecule has 1 aromatic heterocycles. The molecule has 0 bridgehead atoms. The predicted octanol–water partition coefficient (Wildman–Crippen LogP) is 4.83. The summed E-state index contributed by atoms with van der Waals surface area (Å²) in [6.45, 7) is 16.6. The molecule has 168 valence electrons. The van der Waals surface area contributed by atoms with Gasteiger partial charge < -0.3 is 9.33 Å². The van der Waals surface area contributed by atoms with E-state index in [9.17, 15) is 10.1 Å². The molecular formula is C23H34N4O3Si. The van der Waals surface area contributed by atoms with Crippen molar-refractivity contribution in [3.8, 4) is 0 Å². The van der Waals surface area contributed by atoms with Crippen molar-refractivity contribution >= 4 is 19.8 Å². The summed E-state index contributed by atoms with van der Waals surface area (Å²) in [5.74, 6) is 0.802. The first-order chi connectivity index (χ1) is 14.5. The summed E-state index contributed by atoms with van der Waals surface area (Å²) in [6.07, 6.45) is 1.33. The van der Waals surface area contributed by atoms with E-state index in [1.54, 1.807) is 6.07 Å². The number of benzene rings is 1. The van der Waals surface area contributed by atoms with Crippen LogP contribution in [0.1, 0.15) is 31.9 Å². The number of nitrogens with zero attached hydrogens (tertiary/aromatic N) is 4. The van der Waals surface area contributed by atoms with E-state index in [1.165, 1.54) is 23.4 Å². The van der Waals surface area contributed by atoms with E-state index in [1.807, 2.05) is 0 Å². The molecule has 7 nitrogen and oxygen atoms in total. The fraction of sp³-hybridized carbons (Fsp3) is 0.522. The predicted molar refractivity (Wildman–Crippen MR) is 127 cm³/mol. The first-order valence-corrected chi connectivity index (χ1v) is 13.8. The number of pyridine rings is 1. The van der Waals surface area contributed by atoms with E-state index < -0.39 is 13.2 Å². The Hall–Kier alpha value is -2.29. The van der Waals surface area contributed by atoms with Crippen molar-refractivity contribution in [3.63, 3.8) is 0 Å². The molecule has 0 unspecified atom stereocenters. The summed E-state index contributed by atoms with van der Waals surface area (Å²) >= 11 is 0. The van der Waals surface area contributed by atoms with Crippen LogP contribution in [0.15, 0.2) is 42.6 Å². The van der Waals surface area contributed by atoms with E-state index in [2.05, 4.69) is 72.9 Å². The zero-order valence-electron chi connectivity index (χ0n) is 19.3. The second kappa shape index (κ2) is 9.46. The monoisotopic (exact) mass is 442 g/mol. The molecule has 0 atom stereocenters. The van der Waals surface area contributed by atoms with E-state index in [0.29, 0.717) is 6.61 Å². The first kappa shape index (κ1) is 23.4. The number of anilines is 1. The van der Waals surface area contributed by atoms with Crippen molar-refractivity contribution in [1.29, 1.82) is 0 Å². The van der Waals surface area contributed by atoms with Crippen LogP contribution in [0.3, 0.4) is 0 Å². The molecule has 2 aromatic rings. The average Bonchev–Trinajstić information content (AvgIpc) is 2.73. The maximum Gasteiger partial charge on any atom is 0.287 e. The number of aromatic nitrogens is 1. The van der Waals surface area contributed by atoms with Gasteiger partial charge in [-0.25, -0.2) is 4.98 Å². The minimum Gasteiger partial charge on any atom is -0.413 e. The SMILES string of the molecule is CC(C)(C)[Si](C)(C)OCc1ccc(CN2CCN(c3ccc([N+](=O)[O-])cn3)CC2)cc1. The lowest BCUT2D eigenvalue weighted by Crippen LogP contribution is -2.46. The molecular weight excluding hydrogens is 408 g/mol. The van der Waals surface area contributed by atoms with Crippen molar-refractivity contribution in [3.05, 3.63) is 63.8 Å². The molecule has 1 fully saturated rings. The third kappa shape index (κ3) is 6.12. The topological polar surface area (TPSA) is 71.7 Å². The smallest absolute Gasteiger partial charge is 0.287 e. The van der Waals surface area contributed by atoms with E-state index in [-0.39, 0.29) is 10.7 Å². The number of piperazine rings is 1. The molecule has 0 spiro atoms. The lowest BCUT2D eigenvalue weighted by atomic mass is 10.1. The fourth-order valence-electron chi connectivity index (χ4n) is 3.29. The van der Waals surface area contributed by atoms with Crippen LogP contribution in [-0.4, -0.2) is 49.3 Å². The van der Waals surface area contributed by atoms with Gasteiger partial charge in [-0.15, -0.1) is 0 Å². The Morgan fingerprint density at radius 3 is 2.16 bits per heavy atom. The maximum atomic E-state index is 10.8. The van der Waals surface area contributed by atoms with Gasteiger partial charge in [-0.2, -0.15) is 0 Å². The molecule has 8 heteroatoms. The second-order valence-electron chi connectivity index (χ2n) is 9.76. The highest BCUT2D eigenvalue weighted by Gasteiger charge is 2.37. The second-order valence-corrected chi connectivity index (χ2v) is 14.6. The first-order valence-electron chi connectivity index (χ1n) is 10.8. The van der Waals surface area contributed by atoms with Gasteiger partial charge in [-0.05, 0) is 35.3 Å². The van der Waals surface area contributed by atoms with Gasteiger partial charge in [-0.3, -0.25) is 15.0 Å². The zero-order chi connectivity index (χ0) is 22.6. The van der Waals surface area contributed by atoms with E-state index >= 15 is 0 Å². The zero-order valence-corrected chi connectivity index (χ0v) is 20.3. The molecule has 0 radical (unpaired) electrons. The summed E-state index contributed by atoms with van der Waals surface area (Å²) in [6, 6.07) is 12.0. The molecule has 1 saturated heterocycles. The Morgan fingerprint density at radius 1 is 1.03 bits per heavy atom. The van der Waals surface area contributed by atoms with Gasteiger partial charge in [0, 0.05) is 38.8 Å². The highest BCUT2D eigenvalue weighted by Crippen LogP contribution is 2.37. The van der Waals surface area contributed by atoms with Gasteiger partial charge in [-0.1, -0.05) is 45.0 Å². The molecule has 1 aromatic carbocycles. The number of hydrogen-bond donors (Lipinski definition) is 0. The summed E-state index contributed by atoms with van der Waals surface area (Å²) in [5, 5.41) is 11.0. The van der Waals surface area contributed by atoms with Gasteiger partial charge in [0.1, 0.15) is 12.0 Å². The molecule has 0 aliphatic carbocycles. The number of rotatable bonds is 7. The van der Waals surface area contributed by atoms with Gasteiger partial charge in [0.25, 0.3) is 5.69 Å². The summed E-state index contributed by atoms with van der Waals surface area (Å²) < 4.78 is 6.32. The Kier molecular flexibility index (Phi) is 7.13. The summed E-state index contributed by atoms with van der Waals surface area (Å²) in [4.78, 5) is 19.2. The van der Waals surface area contributed by atoms with Crippen molar-refractivity contribution in [1.82, 2.24) is 9.88 Å². The van der Waals surface area contributed by atoms with Crippen LogP contribution >= 0.6 is 0 Å². The van der Waals surface area contributed by atoms with Crippen LogP contribution in [-0.2, 0) is 17.6 Å². The van der Waals surface area contributed by atoms with Gasteiger partial charge in [0.2, 0.25) is 0 Å².